The Morgan fingerprint density at radius 2 is 2.00 bits per heavy atom. The molecule has 0 bridgehead atoms. The van der Waals surface area contributed by atoms with Crippen LogP contribution in [0.3, 0.4) is 0 Å². The van der Waals surface area contributed by atoms with Crippen LogP contribution in [0.4, 0.5) is 4.79 Å². The van der Waals surface area contributed by atoms with Crippen molar-refractivity contribution in [3.63, 3.8) is 0 Å². The molecule has 1 fully saturated rings. The van der Waals surface area contributed by atoms with Gasteiger partial charge in [-0.2, -0.15) is 0 Å². The van der Waals surface area contributed by atoms with E-state index in [0.29, 0.717) is 5.75 Å². The number of esters is 1. The van der Waals surface area contributed by atoms with Gasteiger partial charge in [-0.3, -0.25) is 9.69 Å². The molecule has 0 saturated carbocycles. The summed E-state index contributed by atoms with van der Waals surface area (Å²) in [5, 5.41) is 2.62. The number of amides is 3. The molecule has 1 aliphatic rings. The van der Waals surface area contributed by atoms with Gasteiger partial charge in [0.05, 0.1) is 17.2 Å². The van der Waals surface area contributed by atoms with Crippen LogP contribution in [0.2, 0.25) is 0 Å². The van der Waals surface area contributed by atoms with Gasteiger partial charge in [0, 0.05) is 0 Å². The summed E-state index contributed by atoms with van der Waals surface area (Å²) in [6.07, 6.45) is 1.61. The summed E-state index contributed by atoms with van der Waals surface area (Å²) < 4.78 is 10.7. The van der Waals surface area contributed by atoms with Crippen LogP contribution >= 0.6 is 22.6 Å². The lowest BCUT2D eigenvalue weighted by atomic mass is 10.1. The molecule has 1 aliphatic heterocycles. The van der Waals surface area contributed by atoms with Gasteiger partial charge in [-0.05, 0) is 58.9 Å². The van der Waals surface area contributed by atoms with E-state index in [9.17, 15) is 14.4 Å². The van der Waals surface area contributed by atoms with Gasteiger partial charge >= 0.3 is 12.0 Å². The molecule has 0 spiro atoms. The first-order valence-electron chi connectivity index (χ1n) is 8.76. The third-order valence-corrected chi connectivity index (χ3v) is 5.07. The fraction of sp³-hybridized carbons (Fsp3) is 0.190. The summed E-state index contributed by atoms with van der Waals surface area (Å²) in [4.78, 5) is 37.3. The second-order valence-corrected chi connectivity index (χ2v) is 7.59. The highest BCUT2D eigenvalue weighted by atomic mass is 127. The highest BCUT2D eigenvalue weighted by Crippen LogP contribution is 2.24. The molecule has 1 N–H and O–H groups in total. The fourth-order valence-electron chi connectivity index (χ4n) is 2.79. The van der Waals surface area contributed by atoms with Gasteiger partial charge < -0.3 is 14.8 Å². The molecule has 8 heteroatoms. The van der Waals surface area contributed by atoms with Crippen LogP contribution in [0, 0.1) is 10.5 Å². The van der Waals surface area contributed by atoms with Gasteiger partial charge in [0.2, 0.25) is 0 Å². The third kappa shape index (κ3) is 5.14. The van der Waals surface area contributed by atoms with Crippen LogP contribution in [-0.2, 0) is 20.9 Å². The molecular formula is C21H19IN2O5. The molecule has 1 saturated heterocycles. The van der Waals surface area contributed by atoms with Crippen LogP contribution < -0.4 is 10.1 Å². The Bertz CT molecular complexity index is 1000. The lowest BCUT2D eigenvalue weighted by Crippen LogP contribution is -2.30. The van der Waals surface area contributed by atoms with Gasteiger partial charge in [-0.15, -0.1) is 0 Å². The first-order chi connectivity index (χ1) is 13.9. The van der Waals surface area contributed by atoms with E-state index in [4.69, 9.17) is 4.74 Å². The number of benzene rings is 2. The normalized spacial score (nSPS) is 14.9. The predicted octanol–water partition coefficient (Wildman–Crippen LogP) is 3.24. The van der Waals surface area contributed by atoms with E-state index in [1.807, 2.05) is 31.2 Å². The van der Waals surface area contributed by atoms with E-state index >= 15 is 0 Å². The topological polar surface area (TPSA) is 84.9 Å². The van der Waals surface area contributed by atoms with Gasteiger partial charge in [0.1, 0.15) is 11.4 Å². The van der Waals surface area contributed by atoms with Crippen molar-refractivity contribution in [1.29, 1.82) is 0 Å². The van der Waals surface area contributed by atoms with Crippen LogP contribution in [-0.4, -0.2) is 36.5 Å². The number of hydrogen-bond acceptors (Lipinski definition) is 5. The van der Waals surface area contributed by atoms with Gasteiger partial charge in [-0.1, -0.05) is 35.9 Å². The van der Waals surface area contributed by atoms with E-state index in [-0.39, 0.29) is 24.8 Å². The highest BCUT2D eigenvalue weighted by molar-refractivity contribution is 14.1. The number of ether oxygens (including phenoxy) is 2. The smallest absolute Gasteiger partial charge is 0.343 e. The van der Waals surface area contributed by atoms with E-state index in [1.165, 1.54) is 12.0 Å². The average Bonchev–Trinajstić information content (AvgIpc) is 2.94. The minimum absolute atomic E-state index is 0.185. The SMILES string of the molecule is COC(=O)COc1ccc(/C=C2/NC(=O)N(Cc3cccc(C)c3)C2=O)cc1I. The maximum absolute atomic E-state index is 12.7. The van der Waals surface area contributed by atoms with Crippen molar-refractivity contribution < 1.29 is 23.9 Å². The first-order valence-corrected chi connectivity index (χ1v) is 9.84. The molecule has 1 heterocycles. The number of hydrogen-bond donors (Lipinski definition) is 1. The van der Waals surface area contributed by atoms with E-state index in [1.54, 1.807) is 24.3 Å². The molecule has 150 valence electrons. The summed E-state index contributed by atoms with van der Waals surface area (Å²) in [7, 11) is 1.29. The zero-order chi connectivity index (χ0) is 21.0. The molecule has 29 heavy (non-hydrogen) atoms. The zero-order valence-electron chi connectivity index (χ0n) is 15.9. The van der Waals surface area contributed by atoms with Gasteiger partial charge in [-0.25, -0.2) is 9.59 Å². The number of carbonyl (C=O) groups is 3. The van der Waals surface area contributed by atoms with Crippen LogP contribution in [0.5, 0.6) is 5.75 Å². The molecule has 0 radical (unpaired) electrons. The molecule has 0 aliphatic carbocycles. The number of halogens is 1. The van der Waals surface area contributed by atoms with E-state index < -0.39 is 12.0 Å². The zero-order valence-corrected chi connectivity index (χ0v) is 18.1. The second-order valence-electron chi connectivity index (χ2n) is 6.42. The molecule has 0 unspecified atom stereocenters. The Balaban J connectivity index is 1.73. The highest BCUT2D eigenvalue weighted by Gasteiger charge is 2.33. The van der Waals surface area contributed by atoms with Gasteiger partial charge in [0.15, 0.2) is 6.61 Å². The average molecular weight is 506 g/mol. The lowest BCUT2D eigenvalue weighted by Gasteiger charge is -2.12. The fourth-order valence-corrected chi connectivity index (χ4v) is 3.49. The Labute approximate surface area is 181 Å². The maximum atomic E-state index is 12.7. The monoisotopic (exact) mass is 506 g/mol. The summed E-state index contributed by atoms with van der Waals surface area (Å²) >= 11 is 2.07. The molecule has 3 amide bonds. The molecule has 0 atom stereocenters. The minimum atomic E-state index is -0.472. The minimum Gasteiger partial charge on any atom is -0.481 e. The second kappa shape index (κ2) is 9.08. The molecule has 2 aromatic carbocycles. The number of methoxy groups -OCH3 is 1. The summed E-state index contributed by atoms with van der Waals surface area (Å²) in [5.74, 6) is -0.321. The maximum Gasteiger partial charge on any atom is 0.343 e. The molecule has 3 rings (SSSR count). The number of aryl methyl sites for hydroxylation is 1. The van der Waals surface area contributed by atoms with E-state index in [2.05, 4.69) is 32.6 Å². The van der Waals surface area contributed by atoms with Crippen LogP contribution in [0.1, 0.15) is 16.7 Å². The van der Waals surface area contributed by atoms with E-state index in [0.717, 1.165) is 20.3 Å². The number of carbonyl (C=O) groups excluding carboxylic acids is 3. The summed E-state index contributed by atoms with van der Waals surface area (Å²) in [6, 6.07) is 12.5. The van der Waals surface area contributed by atoms with Crippen molar-refractivity contribution in [2.75, 3.05) is 13.7 Å². The van der Waals surface area contributed by atoms with Crippen molar-refractivity contribution >= 4 is 46.6 Å². The standard InChI is InChI=1S/C21H19IN2O5/c1-13-4-3-5-15(8-13)11-24-20(26)17(23-21(24)27)10-14-6-7-18(16(22)9-14)29-12-19(25)28-2/h3-10H,11-12H2,1-2H3,(H,23,27)/b17-10+. The van der Waals surface area contributed by atoms with Crippen molar-refractivity contribution in [2.24, 2.45) is 0 Å². The van der Waals surface area contributed by atoms with Crippen LogP contribution in [0.15, 0.2) is 48.2 Å². The Hall–Kier alpha value is -2.88. The van der Waals surface area contributed by atoms with Crippen molar-refractivity contribution in [1.82, 2.24) is 10.2 Å². The molecule has 0 aromatic heterocycles. The number of nitrogens with zero attached hydrogens (tertiary/aromatic N) is 1. The number of imide groups is 1. The van der Waals surface area contributed by atoms with Crippen molar-refractivity contribution in [2.45, 2.75) is 13.5 Å². The quantitative estimate of drug-likeness (QED) is 0.282. The molecular weight excluding hydrogens is 487 g/mol. The predicted molar refractivity (Wildman–Crippen MR) is 115 cm³/mol. The van der Waals surface area contributed by atoms with Gasteiger partial charge in [0.25, 0.3) is 5.91 Å². The van der Waals surface area contributed by atoms with Crippen molar-refractivity contribution in [3.8, 4) is 5.75 Å². The largest absolute Gasteiger partial charge is 0.481 e. The summed E-state index contributed by atoms with van der Waals surface area (Å²) in [6.45, 7) is 1.98. The van der Waals surface area contributed by atoms with Crippen LogP contribution in [0.25, 0.3) is 6.08 Å². The molecule has 2 aromatic rings. The number of urea groups is 1. The first kappa shape index (κ1) is 20.8. The third-order valence-electron chi connectivity index (χ3n) is 4.23. The van der Waals surface area contributed by atoms with Crippen molar-refractivity contribution in [3.05, 3.63) is 68.4 Å². The number of nitrogens with one attached hydrogen (secondary N) is 1. The Morgan fingerprint density at radius 1 is 1.21 bits per heavy atom. The lowest BCUT2D eigenvalue weighted by molar-refractivity contribution is -0.142. The number of rotatable bonds is 6. The Kier molecular flexibility index (Phi) is 6.53. The Morgan fingerprint density at radius 3 is 2.69 bits per heavy atom. The molecule has 7 nitrogen and oxygen atoms in total. The summed E-state index contributed by atoms with van der Waals surface area (Å²) in [5.41, 5.74) is 2.88.